The minimum Gasteiger partial charge on any atom is -0.466 e. The molecule has 1 aromatic carbocycles. The van der Waals surface area contributed by atoms with Crippen LogP contribution in [-0.4, -0.2) is 49.3 Å². The largest absolute Gasteiger partial charge is 0.466 e. The highest BCUT2D eigenvalue weighted by atomic mass is 16.6. The lowest BCUT2D eigenvalue weighted by atomic mass is 10.0. The number of rotatable bonds is 8. The van der Waals surface area contributed by atoms with Crippen LogP contribution in [-0.2, 0) is 35.0 Å². The molecule has 0 aliphatic carbocycles. The summed E-state index contributed by atoms with van der Waals surface area (Å²) in [7, 11) is 1.26. The molecular formula is C19H23NO6. The number of nitrogens with one attached hydrogen (secondary N) is 1. The van der Waals surface area contributed by atoms with Gasteiger partial charge in [0.1, 0.15) is 11.6 Å². The highest BCUT2D eigenvalue weighted by molar-refractivity contribution is 5.84. The van der Waals surface area contributed by atoms with E-state index in [0.717, 1.165) is 5.56 Å². The average molecular weight is 361 g/mol. The molecule has 0 aromatic heterocycles. The second-order valence-electron chi connectivity index (χ2n) is 6.28. The SMILES string of the molecule is COC(=O)/C=C/[C@@H](OC(=O)[C@@H](Cc1ccccc1)NC(C)=O)[C@@]1(C)CO1. The molecular weight excluding hydrogens is 338 g/mol. The number of amides is 1. The van der Waals surface area contributed by atoms with Crippen molar-refractivity contribution in [1.82, 2.24) is 5.32 Å². The van der Waals surface area contributed by atoms with Crippen LogP contribution >= 0.6 is 0 Å². The van der Waals surface area contributed by atoms with Gasteiger partial charge in [-0.05, 0) is 18.6 Å². The van der Waals surface area contributed by atoms with Crippen LogP contribution in [0.2, 0.25) is 0 Å². The Bertz CT molecular complexity index is 681. The van der Waals surface area contributed by atoms with Crippen LogP contribution < -0.4 is 5.32 Å². The normalized spacial score (nSPS) is 20.9. The Balaban J connectivity index is 2.11. The molecule has 3 atom stereocenters. The van der Waals surface area contributed by atoms with Crippen molar-refractivity contribution in [2.75, 3.05) is 13.7 Å². The summed E-state index contributed by atoms with van der Waals surface area (Å²) in [6, 6.07) is 8.46. The molecule has 1 aromatic rings. The first-order valence-corrected chi connectivity index (χ1v) is 8.25. The van der Waals surface area contributed by atoms with E-state index in [1.165, 1.54) is 26.2 Å². The van der Waals surface area contributed by atoms with E-state index in [-0.39, 0.29) is 5.91 Å². The Morgan fingerprint density at radius 3 is 2.50 bits per heavy atom. The van der Waals surface area contributed by atoms with Gasteiger partial charge in [0.25, 0.3) is 0 Å². The summed E-state index contributed by atoms with van der Waals surface area (Å²) in [6.45, 7) is 3.52. The summed E-state index contributed by atoms with van der Waals surface area (Å²) >= 11 is 0. The van der Waals surface area contributed by atoms with E-state index in [2.05, 4.69) is 10.1 Å². The Morgan fingerprint density at radius 2 is 1.96 bits per heavy atom. The van der Waals surface area contributed by atoms with Gasteiger partial charge < -0.3 is 19.5 Å². The number of ether oxygens (including phenoxy) is 3. The zero-order valence-electron chi connectivity index (χ0n) is 15.1. The van der Waals surface area contributed by atoms with Crippen molar-refractivity contribution in [3.8, 4) is 0 Å². The molecule has 0 bridgehead atoms. The minimum atomic E-state index is -0.841. The number of epoxide rings is 1. The lowest BCUT2D eigenvalue weighted by Crippen LogP contribution is -2.45. The topological polar surface area (TPSA) is 94.2 Å². The highest BCUT2D eigenvalue weighted by Gasteiger charge is 2.49. The zero-order valence-corrected chi connectivity index (χ0v) is 15.1. The highest BCUT2D eigenvalue weighted by Crippen LogP contribution is 2.33. The van der Waals surface area contributed by atoms with Gasteiger partial charge in [-0.2, -0.15) is 0 Å². The molecule has 0 saturated carbocycles. The van der Waals surface area contributed by atoms with Crippen molar-refractivity contribution in [3.63, 3.8) is 0 Å². The van der Waals surface area contributed by atoms with Crippen molar-refractivity contribution in [2.24, 2.45) is 0 Å². The quantitative estimate of drug-likeness (QED) is 0.424. The first kappa shape index (κ1) is 19.7. The predicted molar refractivity (Wildman–Crippen MR) is 93.1 cm³/mol. The fourth-order valence-corrected chi connectivity index (χ4v) is 2.38. The molecule has 0 unspecified atom stereocenters. The summed E-state index contributed by atoms with van der Waals surface area (Å²) in [6.07, 6.45) is 2.16. The van der Waals surface area contributed by atoms with E-state index >= 15 is 0 Å². The lowest BCUT2D eigenvalue weighted by Gasteiger charge is -2.22. The van der Waals surface area contributed by atoms with Crippen LogP contribution in [0, 0.1) is 0 Å². The number of carbonyl (C=O) groups excluding carboxylic acids is 3. The van der Waals surface area contributed by atoms with Crippen LogP contribution in [0.5, 0.6) is 0 Å². The van der Waals surface area contributed by atoms with Gasteiger partial charge in [-0.3, -0.25) is 4.79 Å². The Morgan fingerprint density at radius 1 is 1.31 bits per heavy atom. The van der Waals surface area contributed by atoms with Crippen LogP contribution in [0.25, 0.3) is 0 Å². The summed E-state index contributed by atoms with van der Waals surface area (Å²) in [4.78, 5) is 35.4. The zero-order chi connectivity index (χ0) is 19.2. The van der Waals surface area contributed by atoms with Crippen LogP contribution in [0.4, 0.5) is 0 Å². The third-order valence-corrected chi connectivity index (χ3v) is 4.00. The molecule has 0 spiro atoms. The molecule has 7 heteroatoms. The van der Waals surface area contributed by atoms with Crippen LogP contribution in [0.3, 0.4) is 0 Å². The van der Waals surface area contributed by atoms with E-state index in [1.807, 2.05) is 30.3 Å². The number of hydrogen-bond acceptors (Lipinski definition) is 6. The summed E-state index contributed by atoms with van der Waals surface area (Å²) in [5.41, 5.74) is 0.201. The van der Waals surface area contributed by atoms with Gasteiger partial charge in [-0.1, -0.05) is 30.3 Å². The molecule has 7 nitrogen and oxygen atoms in total. The van der Waals surface area contributed by atoms with E-state index in [1.54, 1.807) is 6.92 Å². The first-order chi connectivity index (χ1) is 12.3. The number of methoxy groups -OCH3 is 1. The van der Waals surface area contributed by atoms with Gasteiger partial charge >= 0.3 is 11.9 Å². The monoisotopic (exact) mass is 361 g/mol. The number of benzene rings is 1. The number of esters is 2. The molecule has 1 N–H and O–H groups in total. The Kier molecular flexibility index (Phi) is 6.52. The maximum atomic E-state index is 12.6. The van der Waals surface area contributed by atoms with Crippen molar-refractivity contribution < 1.29 is 28.6 Å². The Labute approximate surface area is 152 Å². The smallest absolute Gasteiger partial charge is 0.330 e. The summed E-state index contributed by atoms with van der Waals surface area (Å²) in [5.74, 6) is -1.49. The second kappa shape index (κ2) is 8.62. The Hall–Kier alpha value is -2.67. The number of hydrogen-bond donors (Lipinski definition) is 1. The van der Waals surface area contributed by atoms with Gasteiger partial charge in [0, 0.05) is 19.4 Å². The molecule has 0 radical (unpaired) electrons. The van der Waals surface area contributed by atoms with Gasteiger partial charge in [-0.15, -0.1) is 0 Å². The van der Waals surface area contributed by atoms with Crippen molar-refractivity contribution in [1.29, 1.82) is 0 Å². The van der Waals surface area contributed by atoms with Gasteiger partial charge in [0.05, 0.1) is 13.7 Å². The molecule has 2 rings (SSSR count). The van der Waals surface area contributed by atoms with Gasteiger partial charge in [0.15, 0.2) is 6.10 Å². The van der Waals surface area contributed by atoms with Crippen LogP contribution in [0.15, 0.2) is 42.5 Å². The molecule has 1 amide bonds. The van der Waals surface area contributed by atoms with Crippen molar-refractivity contribution >= 4 is 17.8 Å². The fourth-order valence-electron chi connectivity index (χ4n) is 2.38. The lowest BCUT2D eigenvalue weighted by molar-refractivity contribution is -0.153. The molecule has 1 aliphatic heterocycles. The summed E-state index contributed by atoms with van der Waals surface area (Å²) in [5, 5.41) is 2.61. The van der Waals surface area contributed by atoms with Gasteiger partial charge in [-0.25, -0.2) is 9.59 Å². The van der Waals surface area contributed by atoms with E-state index in [4.69, 9.17) is 9.47 Å². The maximum Gasteiger partial charge on any atom is 0.330 e. The standard InChI is InChI=1S/C19H23NO6/c1-13(21)20-15(11-14-7-5-4-6-8-14)18(23)26-16(19(2)12-25-19)9-10-17(22)24-3/h4-10,15-16H,11-12H2,1-3H3,(H,20,21)/b10-9+/t15-,16-,19-/m1/s1. The molecule has 1 aliphatic rings. The van der Waals surface area contributed by atoms with Gasteiger partial charge in [0.2, 0.25) is 5.91 Å². The molecule has 1 saturated heterocycles. The second-order valence-corrected chi connectivity index (χ2v) is 6.28. The minimum absolute atomic E-state index is 0.296. The maximum absolute atomic E-state index is 12.6. The average Bonchev–Trinajstić information content (AvgIpc) is 3.36. The molecule has 26 heavy (non-hydrogen) atoms. The van der Waals surface area contributed by atoms with E-state index < -0.39 is 29.7 Å². The van der Waals surface area contributed by atoms with Crippen molar-refractivity contribution in [2.45, 2.75) is 38.0 Å². The molecule has 1 fully saturated rings. The van der Waals surface area contributed by atoms with Crippen molar-refractivity contribution in [3.05, 3.63) is 48.0 Å². The van der Waals surface area contributed by atoms with E-state index in [9.17, 15) is 14.4 Å². The molecule has 140 valence electrons. The van der Waals surface area contributed by atoms with Crippen LogP contribution in [0.1, 0.15) is 19.4 Å². The van der Waals surface area contributed by atoms with E-state index in [0.29, 0.717) is 13.0 Å². The first-order valence-electron chi connectivity index (χ1n) is 8.25. The summed E-state index contributed by atoms with van der Waals surface area (Å²) < 4.78 is 15.4. The molecule has 1 heterocycles. The number of carbonyl (C=O) groups is 3. The third kappa shape index (κ3) is 5.70. The fraction of sp³-hybridized carbons (Fsp3) is 0.421. The predicted octanol–water partition coefficient (Wildman–Crippen LogP) is 1.16. The third-order valence-electron chi connectivity index (χ3n) is 4.00.